The smallest absolute Gasteiger partial charge is 0.272 e. The number of nitrogens with zero attached hydrogens (tertiary/aromatic N) is 2. The van der Waals surface area contributed by atoms with Crippen molar-refractivity contribution in [3.8, 4) is 5.69 Å². The lowest BCUT2D eigenvalue weighted by atomic mass is 10.2. The van der Waals surface area contributed by atoms with E-state index in [1.165, 1.54) is 5.56 Å². The van der Waals surface area contributed by atoms with Gasteiger partial charge in [0.05, 0.1) is 16.8 Å². The molecule has 3 rings (SSSR count). The summed E-state index contributed by atoms with van der Waals surface area (Å²) in [5, 5.41) is 4.39. The molecule has 1 aromatic heterocycles. The maximum atomic E-state index is 12.3. The highest BCUT2D eigenvalue weighted by molar-refractivity contribution is 6.34. The third-order valence-electron chi connectivity index (χ3n) is 4.18. The van der Waals surface area contributed by atoms with Gasteiger partial charge in [0.2, 0.25) is 0 Å². The first-order chi connectivity index (χ1) is 12.5. The molecular formula is C21H20ClN3O. The number of amides is 1. The van der Waals surface area contributed by atoms with Crippen molar-refractivity contribution in [1.29, 1.82) is 0 Å². The summed E-state index contributed by atoms with van der Waals surface area (Å²) in [6.07, 6.45) is 1.60. The van der Waals surface area contributed by atoms with Crippen molar-refractivity contribution in [3.05, 3.63) is 87.7 Å². The van der Waals surface area contributed by atoms with E-state index >= 15 is 0 Å². The summed E-state index contributed by atoms with van der Waals surface area (Å²) in [6.45, 7) is 6.08. The molecule has 0 bridgehead atoms. The summed E-state index contributed by atoms with van der Waals surface area (Å²) in [4.78, 5) is 12.3. The fraction of sp³-hybridized carbons (Fsp3) is 0.143. The number of nitrogens with one attached hydrogen (secondary N) is 1. The van der Waals surface area contributed by atoms with Gasteiger partial charge in [0.15, 0.2) is 0 Å². The van der Waals surface area contributed by atoms with E-state index in [1.54, 1.807) is 18.3 Å². The van der Waals surface area contributed by atoms with Crippen molar-refractivity contribution < 1.29 is 4.79 Å². The maximum absolute atomic E-state index is 12.3. The second kappa shape index (κ2) is 7.58. The Morgan fingerprint density at radius 1 is 1.00 bits per heavy atom. The monoisotopic (exact) mass is 365 g/mol. The van der Waals surface area contributed by atoms with E-state index in [4.69, 9.17) is 11.6 Å². The quantitative estimate of drug-likeness (QED) is 0.523. The van der Waals surface area contributed by atoms with E-state index in [9.17, 15) is 4.79 Å². The largest absolute Gasteiger partial charge is 0.318 e. The first kappa shape index (κ1) is 18.0. The van der Waals surface area contributed by atoms with E-state index in [0.29, 0.717) is 10.6 Å². The van der Waals surface area contributed by atoms with Crippen LogP contribution >= 0.6 is 11.6 Å². The molecule has 0 atom stereocenters. The number of aryl methyl sites for hydroxylation is 3. The molecule has 26 heavy (non-hydrogen) atoms. The summed E-state index contributed by atoms with van der Waals surface area (Å²) in [5.41, 5.74) is 8.14. The van der Waals surface area contributed by atoms with Gasteiger partial charge in [-0.3, -0.25) is 4.79 Å². The Morgan fingerprint density at radius 3 is 2.27 bits per heavy atom. The standard InChI is InChI=1S/C21H20ClN3O/c1-14-4-8-17(9-5-14)13-23-24-21(26)19-11-10-18(12-20(19)22)25-15(2)6-7-16(25)3/h4-13H,1-3H3,(H,24,26)/b23-13-. The second-order valence-electron chi connectivity index (χ2n) is 6.23. The Kier molecular flexibility index (Phi) is 5.24. The predicted molar refractivity (Wildman–Crippen MR) is 106 cm³/mol. The summed E-state index contributed by atoms with van der Waals surface area (Å²) in [5.74, 6) is -0.342. The zero-order valence-corrected chi connectivity index (χ0v) is 15.7. The summed E-state index contributed by atoms with van der Waals surface area (Å²) in [7, 11) is 0. The number of halogens is 1. The number of benzene rings is 2. The van der Waals surface area contributed by atoms with Gasteiger partial charge in [0.1, 0.15) is 0 Å². The van der Waals surface area contributed by atoms with Gasteiger partial charge >= 0.3 is 0 Å². The molecule has 0 spiro atoms. The zero-order chi connectivity index (χ0) is 18.7. The van der Waals surface area contributed by atoms with Crippen LogP contribution in [0.25, 0.3) is 5.69 Å². The molecule has 3 aromatic rings. The summed E-state index contributed by atoms with van der Waals surface area (Å²) < 4.78 is 2.09. The van der Waals surface area contributed by atoms with Crippen LogP contribution in [-0.2, 0) is 0 Å². The zero-order valence-electron chi connectivity index (χ0n) is 15.0. The number of hydrazone groups is 1. The average Bonchev–Trinajstić information content (AvgIpc) is 2.95. The van der Waals surface area contributed by atoms with Crippen LogP contribution in [0.4, 0.5) is 0 Å². The fourth-order valence-corrected chi connectivity index (χ4v) is 3.04. The normalized spacial score (nSPS) is 11.1. The Morgan fingerprint density at radius 2 is 1.65 bits per heavy atom. The number of rotatable bonds is 4. The van der Waals surface area contributed by atoms with Crippen LogP contribution in [0.5, 0.6) is 0 Å². The van der Waals surface area contributed by atoms with Crippen LogP contribution in [0, 0.1) is 20.8 Å². The van der Waals surface area contributed by atoms with E-state index in [0.717, 1.165) is 22.6 Å². The van der Waals surface area contributed by atoms with Crippen LogP contribution in [-0.4, -0.2) is 16.7 Å². The second-order valence-corrected chi connectivity index (χ2v) is 6.63. The minimum atomic E-state index is -0.342. The molecule has 0 aliphatic heterocycles. The van der Waals surface area contributed by atoms with Gasteiger partial charge in [-0.2, -0.15) is 5.10 Å². The topological polar surface area (TPSA) is 46.4 Å². The molecule has 0 aliphatic rings. The predicted octanol–water partition coefficient (Wildman–Crippen LogP) is 4.82. The molecule has 0 radical (unpaired) electrons. The number of hydrogen-bond donors (Lipinski definition) is 1. The van der Waals surface area contributed by atoms with E-state index < -0.39 is 0 Å². The first-order valence-electron chi connectivity index (χ1n) is 8.30. The Bertz CT molecular complexity index is 952. The van der Waals surface area contributed by atoms with Gasteiger partial charge in [-0.1, -0.05) is 41.4 Å². The van der Waals surface area contributed by atoms with Gasteiger partial charge in [-0.25, -0.2) is 5.43 Å². The van der Waals surface area contributed by atoms with Gasteiger partial charge in [0.25, 0.3) is 5.91 Å². The molecule has 5 heteroatoms. The lowest BCUT2D eigenvalue weighted by molar-refractivity contribution is 0.0955. The van der Waals surface area contributed by atoms with Crippen molar-refractivity contribution in [2.75, 3.05) is 0 Å². The third-order valence-corrected chi connectivity index (χ3v) is 4.50. The number of carbonyl (C=O) groups is 1. The first-order valence-corrected chi connectivity index (χ1v) is 8.68. The minimum Gasteiger partial charge on any atom is -0.318 e. The van der Waals surface area contributed by atoms with Crippen LogP contribution in [0.2, 0.25) is 5.02 Å². The number of aromatic nitrogens is 1. The van der Waals surface area contributed by atoms with Gasteiger partial charge < -0.3 is 4.57 Å². The van der Waals surface area contributed by atoms with Crippen LogP contribution in [0.15, 0.2) is 59.7 Å². The molecule has 1 N–H and O–H groups in total. The minimum absolute atomic E-state index is 0.342. The molecule has 132 valence electrons. The average molecular weight is 366 g/mol. The molecule has 0 aliphatic carbocycles. The van der Waals surface area contributed by atoms with Crippen LogP contribution in [0.1, 0.15) is 32.9 Å². The Labute approximate surface area is 158 Å². The highest BCUT2D eigenvalue weighted by Gasteiger charge is 2.12. The van der Waals surface area contributed by atoms with Crippen molar-refractivity contribution in [2.45, 2.75) is 20.8 Å². The van der Waals surface area contributed by atoms with Gasteiger partial charge in [-0.15, -0.1) is 0 Å². The maximum Gasteiger partial charge on any atom is 0.272 e. The van der Waals surface area contributed by atoms with Crippen LogP contribution in [0.3, 0.4) is 0 Å². The summed E-state index contributed by atoms with van der Waals surface area (Å²) in [6, 6.07) is 17.3. The van der Waals surface area contributed by atoms with E-state index in [2.05, 4.69) is 15.1 Å². The molecule has 0 fully saturated rings. The third kappa shape index (κ3) is 3.86. The molecule has 1 heterocycles. The van der Waals surface area contributed by atoms with Crippen molar-refractivity contribution in [1.82, 2.24) is 9.99 Å². The lowest BCUT2D eigenvalue weighted by Crippen LogP contribution is -2.18. The molecule has 4 nitrogen and oxygen atoms in total. The molecule has 0 saturated carbocycles. The van der Waals surface area contributed by atoms with Gasteiger partial charge in [0, 0.05) is 17.1 Å². The van der Waals surface area contributed by atoms with E-state index in [-0.39, 0.29) is 5.91 Å². The van der Waals surface area contributed by atoms with Crippen molar-refractivity contribution in [2.24, 2.45) is 5.10 Å². The highest BCUT2D eigenvalue weighted by Crippen LogP contribution is 2.23. The molecular weight excluding hydrogens is 346 g/mol. The summed E-state index contributed by atoms with van der Waals surface area (Å²) >= 11 is 6.33. The molecule has 2 aromatic carbocycles. The van der Waals surface area contributed by atoms with E-state index in [1.807, 2.05) is 63.2 Å². The van der Waals surface area contributed by atoms with Crippen molar-refractivity contribution >= 4 is 23.7 Å². The fourth-order valence-electron chi connectivity index (χ4n) is 2.78. The Hall–Kier alpha value is -2.85. The SMILES string of the molecule is Cc1ccc(/C=N\NC(=O)c2ccc(-n3c(C)ccc3C)cc2Cl)cc1. The Balaban J connectivity index is 1.75. The van der Waals surface area contributed by atoms with Crippen LogP contribution < -0.4 is 5.43 Å². The number of hydrogen-bond acceptors (Lipinski definition) is 2. The molecule has 1 amide bonds. The van der Waals surface area contributed by atoms with Gasteiger partial charge in [-0.05, 0) is 56.7 Å². The number of carbonyl (C=O) groups excluding carboxylic acids is 1. The van der Waals surface area contributed by atoms with Crippen molar-refractivity contribution in [3.63, 3.8) is 0 Å². The highest BCUT2D eigenvalue weighted by atomic mass is 35.5. The molecule has 0 unspecified atom stereocenters. The molecule has 0 saturated heterocycles. The lowest BCUT2D eigenvalue weighted by Gasteiger charge is -2.11.